The predicted octanol–water partition coefficient (Wildman–Crippen LogP) is 7.57. The van der Waals surface area contributed by atoms with Crippen molar-refractivity contribution >= 4 is 10.1 Å². The molecule has 31 heavy (non-hydrogen) atoms. The molecule has 0 unspecified atom stereocenters. The van der Waals surface area contributed by atoms with Gasteiger partial charge >= 0.3 is 0 Å². The molecule has 0 aliphatic rings. The maximum absolute atomic E-state index is 10.9. The lowest BCUT2D eigenvalue weighted by Gasteiger charge is -2.04. The van der Waals surface area contributed by atoms with Gasteiger partial charge in [-0.2, -0.15) is 8.42 Å². The van der Waals surface area contributed by atoms with Crippen molar-refractivity contribution in [3.8, 4) is 0 Å². The van der Waals surface area contributed by atoms with Gasteiger partial charge in [0.15, 0.2) is 0 Å². The van der Waals surface area contributed by atoms with Crippen molar-refractivity contribution in [1.29, 1.82) is 0 Å². The van der Waals surface area contributed by atoms with Crippen molar-refractivity contribution in [3.05, 3.63) is 29.8 Å². The number of unbranched alkanes of at least 4 members (excludes halogenated alkanes) is 11. The van der Waals surface area contributed by atoms with Gasteiger partial charge in [-0.1, -0.05) is 104 Å². The standard InChI is InChI=1S/C18H30O3S.C8H19N/c1-2-3-4-5-6-7-8-9-10-11-12-17-13-15-18(16-14-17)22(19,20)21;1-3-5-7-9-8-6-4-2/h13-16H,2-12H2,1H3,(H,19,20,21);9H,3-8H2,1-2H3. The fraction of sp³-hybridized carbons (Fsp3) is 0.769. The Labute approximate surface area is 193 Å². The summed E-state index contributed by atoms with van der Waals surface area (Å²) in [6.45, 7) is 9.10. The zero-order valence-corrected chi connectivity index (χ0v) is 21.3. The molecule has 0 aromatic heterocycles. The maximum Gasteiger partial charge on any atom is 0.294 e. The molecule has 0 fully saturated rings. The molecule has 0 radical (unpaired) electrons. The Hall–Kier alpha value is -0.910. The van der Waals surface area contributed by atoms with Crippen LogP contribution in [0.25, 0.3) is 0 Å². The highest BCUT2D eigenvalue weighted by Crippen LogP contribution is 2.14. The Kier molecular flexibility index (Phi) is 20.3. The highest BCUT2D eigenvalue weighted by molar-refractivity contribution is 7.85. The van der Waals surface area contributed by atoms with Crippen LogP contribution in [0.3, 0.4) is 0 Å². The smallest absolute Gasteiger partial charge is 0.294 e. The van der Waals surface area contributed by atoms with Crippen molar-refractivity contribution in [1.82, 2.24) is 5.32 Å². The van der Waals surface area contributed by atoms with Crippen molar-refractivity contribution in [2.45, 2.75) is 122 Å². The molecule has 1 aromatic carbocycles. The summed E-state index contributed by atoms with van der Waals surface area (Å²) in [6, 6.07) is 6.52. The van der Waals surface area contributed by atoms with Gasteiger partial charge < -0.3 is 5.32 Å². The van der Waals surface area contributed by atoms with Gasteiger partial charge in [0.25, 0.3) is 10.1 Å². The normalized spacial score (nSPS) is 11.2. The van der Waals surface area contributed by atoms with Crippen LogP contribution in [0, 0.1) is 0 Å². The van der Waals surface area contributed by atoms with E-state index in [2.05, 4.69) is 26.1 Å². The molecule has 0 saturated carbocycles. The number of aryl methyl sites for hydroxylation is 1. The largest absolute Gasteiger partial charge is 0.317 e. The summed E-state index contributed by atoms with van der Waals surface area (Å²) in [6.07, 6.45) is 19.4. The van der Waals surface area contributed by atoms with Crippen LogP contribution in [0.15, 0.2) is 29.2 Å². The van der Waals surface area contributed by atoms with Crippen molar-refractivity contribution < 1.29 is 13.0 Å². The molecule has 0 spiro atoms. The molecule has 0 aliphatic carbocycles. The van der Waals surface area contributed by atoms with E-state index >= 15 is 0 Å². The predicted molar refractivity (Wildman–Crippen MR) is 134 cm³/mol. The van der Waals surface area contributed by atoms with Crippen LogP contribution in [0.5, 0.6) is 0 Å². The summed E-state index contributed by atoms with van der Waals surface area (Å²) in [7, 11) is -4.06. The Balaban J connectivity index is 0.000000842. The van der Waals surface area contributed by atoms with Gasteiger partial charge in [0.2, 0.25) is 0 Å². The van der Waals surface area contributed by atoms with Crippen LogP contribution in [-0.4, -0.2) is 26.1 Å². The number of hydrogen-bond acceptors (Lipinski definition) is 3. The molecule has 182 valence electrons. The summed E-state index contributed by atoms with van der Waals surface area (Å²) in [4.78, 5) is -0.0284. The van der Waals surface area contributed by atoms with Crippen LogP contribution in [-0.2, 0) is 16.5 Å². The third-order valence-corrected chi connectivity index (χ3v) is 6.32. The number of nitrogens with one attached hydrogen (secondary N) is 1. The summed E-state index contributed by atoms with van der Waals surface area (Å²) in [5.41, 5.74) is 1.13. The minimum atomic E-state index is -4.06. The second-order valence-electron chi connectivity index (χ2n) is 8.51. The Morgan fingerprint density at radius 1 is 0.645 bits per heavy atom. The van der Waals surface area contributed by atoms with Gasteiger partial charge in [-0.05, 0) is 56.5 Å². The highest BCUT2D eigenvalue weighted by Gasteiger charge is 2.08. The van der Waals surface area contributed by atoms with E-state index in [0.29, 0.717) is 0 Å². The molecule has 5 heteroatoms. The van der Waals surface area contributed by atoms with E-state index in [-0.39, 0.29) is 4.90 Å². The number of hydrogen-bond donors (Lipinski definition) is 2. The fourth-order valence-electron chi connectivity index (χ4n) is 3.37. The van der Waals surface area contributed by atoms with Gasteiger partial charge in [0, 0.05) is 0 Å². The van der Waals surface area contributed by atoms with Gasteiger partial charge in [-0.15, -0.1) is 0 Å². The Morgan fingerprint density at radius 3 is 1.48 bits per heavy atom. The van der Waals surface area contributed by atoms with Crippen molar-refractivity contribution in [3.63, 3.8) is 0 Å². The van der Waals surface area contributed by atoms with E-state index in [9.17, 15) is 8.42 Å². The average Bonchev–Trinajstić information content (AvgIpc) is 2.75. The SMILES string of the molecule is CCCCCCCCCCCCc1ccc(S(=O)(=O)O)cc1.CCCCNCCCC. The van der Waals surface area contributed by atoms with Gasteiger partial charge in [-0.25, -0.2) is 0 Å². The second kappa shape index (κ2) is 21.0. The van der Waals surface area contributed by atoms with Crippen LogP contribution < -0.4 is 5.32 Å². The highest BCUT2D eigenvalue weighted by atomic mass is 32.2. The van der Waals surface area contributed by atoms with Crippen molar-refractivity contribution in [2.75, 3.05) is 13.1 Å². The fourth-order valence-corrected chi connectivity index (χ4v) is 3.85. The van der Waals surface area contributed by atoms with Gasteiger partial charge in [0.05, 0.1) is 4.90 Å². The first-order valence-electron chi connectivity index (χ1n) is 12.7. The minimum absolute atomic E-state index is 0.0284. The van der Waals surface area contributed by atoms with E-state index in [0.717, 1.165) is 18.4 Å². The van der Waals surface area contributed by atoms with E-state index in [1.807, 2.05) is 0 Å². The zero-order valence-electron chi connectivity index (χ0n) is 20.5. The third kappa shape index (κ3) is 19.5. The molecule has 0 aliphatic heterocycles. The first kappa shape index (κ1) is 30.1. The molecule has 1 aromatic rings. The summed E-state index contributed by atoms with van der Waals surface area (Å²) in [5.74, 6) is 0. The van der Waals surface area contributed by atoms with E-state index in [1.165, 1.54) is 109 Å². The molecule has 0 atom stereocenters. The number of benzene rings is 1. The Morgan fingerprint density at radius 2 is 1.06 bits per heavy atom. The molecule has 1 rings (SSSR count). The first-order valence-corrected chi connectivity index (χ1v) is 14.2. The summed E-state index contributed by atoms with van der Waals surface area (Å²) in [5, 5.41) is 3.39. The molecular weight excluding hydrogens is 406 g/mol. The minimum Gasteiger partial charge on any atom is -0.317 e. The van der Waals surface area contributed by atoms with Gasteiger partial charge in [0.1, 0.15) is 0 Å². The van der Waals surface area contributed by atoms with Crippen LogP contribution >= 0.6 is 0 Å². The monoisotopic (exact) mass is 455 g/mol. The number of rotatable bonds is 18. The molecule has 0 heterocycles. The Bertz CT molecular complexity index is 594. The van der Waals surface area contributed by atoms with Gasteiger partial charge in [-0.3, -0.25) is 4.55 Å². The average molecular weight is 456 g/mol. The maximum atomic E-state index is 10.9. The topological polar surface area (TPSA) is 66.4 Å². The van der Waals surface area contributed by atoms with Crippen molar-refractivity contribution in [2.24, 2.45) is 0 Å². The lowest BCUT2D eigenvalue weighted by Crippen LogP contribution is -2.15. The molecule has 0 saturated heterocycles. The summed E-state index contributed by atoms with van der Waals surface area (Å²) >= 11 is 0. The van der Waals surface area contributed by atoms with E-state index in [4.69, 9.17) is 4.55 Å². The molecule has 0 amide bonds. The molecule has 4 nitrogen and oxygen atoms in total. The first-order chi connectivity index (χ1) is 15.0. The van der Waals surface area contributed by atoms with Crippen LogP contribution in [0.2, 0.25) is 0 Å². The summed E-state index contributed by atoms with van der Waals surface area (Å²) < 4.78 is 30.8. The lowest BCUT2D eigenvalue weighted by atomic mass is 10.0. The van der Waals surface area contributed by atoms with E-state index < -0.39 is 10.1 Å². The zero-order chi connectivity index (χ0) is 23.2. The molecular formula is C26H49NO3S. The third-order valence-electron chi connectivity index (χ3n) is 5.45. The van der Waals surface area contributed by atoms with Crippen LogP contribution in [0.1, 0.15) is 116 Å². The second-order valence-corrected chi connectivity index (χ2v) is 9.93. The lowest BCUT2D eigenvalue weighted by molar-refractivity contribution is 0.483. The quantitative estimate of drug-likeness (QED) is 0.177. The molecule has 2 N–H and O–H groups in total. The van der Waals surface area contributed by atoms with Crippen LogP contribution in [0.4, 0.5) is 0 Å². The van der Waals surface area contributed by atoms with E-state index in [1.54, 1.807) is 12.1 Å². The molecule has 0 bridgehead atoms.